The Morgan fingerprint density at radius 1 is 1.14 bits per heavy atom. The Morgan fingerprint density at radius 2 is 1.76 bits per heavy atom. The largest absolute Gasteiger partial charge is 0.480 e. The average Bonchev–Trinajstić information content (AvgIpc) is 2.48. The molecule has 1 aromatic rings. The number of benzene rings is 1. The van der Waals surface area contributed by atoms with Crippen molar-refractivity contribution in [3.05, 3.63) is 35.9 Å². The zero-order valence-corrected chi connectivity index (χ0v) is 12.6. The van der Waals surface area contributed by atoms with Gasteiger partial charge in [0.05, 0.1) is 0 Å². The molecule has 5 nitrogen and oxygen atoms in total. The van der Waals surface area contributed by atoms with Gasteiger partial charge in [0.2, 0.25) is 0 Å². The number of hydrogen-bond donors (Lipinski definition) is 3. The minimum absolute atomic E-state index is 0.272. The highest BCUT2D eigenvalue weighted by Gasteiger charge is 2.20. The molecule has 0 radical (unpaired) electrons. The molecule has 5 heteroatoms. The number of rotatable bonds is 8. The lowest BCUT2D eigenvalue weighted by Crippen LogP contribution is -2.48. The van der Waals surface area contributed by atoms with Gasteiger partial charge in [-0.2, -0.15) is 0 Å². The number of carbonyl (C=O) groups excluding carboxylic acids is 1. The van der Waals surface area contributed by atoms with Crippen molar-refractivity contribution in [3.8, 4) is 0 Å². The summed E-state index contributed by atoms with van der Waals surface area (Å²) >= 11 is 0. The van der Waals surface area contributed by atoms with Crippen LogP contribution in [0.25, 0.3) is 0 Å². The number of carbonyl (C=O) groups is 2. The predicted molar refractivity (Wildman–Crippen MR) is 82.2 cm³/mol. The molecule has 0 aliphatic heterocycles. The second-order valence-electron chi connectivity index (χ2n) is 5.12. The van der Waals surface area contributed by atoms with E-state index in [2.05, 4.69) is 24.5 Å². The molecule has 1 rings (SSSR count). The molecule has 0 fully saturated rings. The zero-order chi connectivity index (χ0) is 15.7. The molecule has 0 spiro atoms. The molecular formula is C16H24N2O3. The van der Waals surface area contributed by atoms with Crippen LogP contribution < -0.4 is 10.6 Å². The number of urea groups is 1. The van der Waals surface area contributed by atoms with Crippen LogP contribution in [-0.2, 0) is 11.2 Å². The van der Waals surface area contributed by atoms with E-state index in [0.29, 0.717) is 12.5 Å². The molecular weight excluding hydrogens is 268 g/mol. The molecule has 0 aliphatic carbocycles. The maximum absolute atomic E-state index is 11.8. The van der Waals surface area contributed by atoms with Crippen LogP contribution in [0.3, 0.4) is 0 Å². The first kappa shape index (κ1) is 17.0. The summed E-state index contributed by atoms with van der Waals surface area (Å²) in [5.41, 5.74) is 0.880. The zero-order valence-electron chi connectivity index (χ0n) is 12.6. The maximum Gasteiger partial charge on any atom is 0.326 e. The van der Waals surface area contributed by atoms with Crippen molar-refractivity contribution in [2.45, 2.75) is 39.2 Å². The molecule has 1 atom stereocenters. The number of aliphatic carboxylic acids is 1. The minimum atomic E-state index is -1.03. The SMILES string of the molecule is CCC(CC)CNC(=O)NC(Cc1ccccc1)C(=O)O. The number of carboxylic acid groups (broad SMARTS) is 1. The van der Waals surface area contributed by atoms with Gasteiger partial charge in [0.25, 0.3) is 0 Å². The normalized spacial score (nSPS) is 12.0. The van der Waals surface area contributed by atoms with Crippen LogP contribution in [0.4, 0.5) is 4.79 Å². The Hall–Kier alpha value is -2.04. The fraction of sp³-hybridized carbons (Fsp3) is 0.500. The summed E-state index contributed by atoms with van der Waals surface area (Å²) in [7, 11) is 0. The van der Waals surface area contributed by atoms with Crippen LogP contribution in [0.2, 0.25) is 0 Å². The number of hydrogen-bond acceptors (Lipinski definition) is 2. The van der Waals surface area contributed by atoms with Gasteiger partial charge >= 0.3 is 12.0 Å². The van der Waals surface area contributed by atoms with Gasteiger partial charge in [0.1, 0.15) is 6.04 Å². The Bertz CT molecular complexity index is 444. The molecule has 2 amide bonds. The molecule has 0 bridgehead atoms. The molecule has 0 saturated carbocycles. The average molecular weight is 292 g/mol. The molecule has 1 aromatic carbocycles. The summed E-state index contributed by atoms with van der Waals surface area (Å²) in [5, 5.41) is 14.5. The second kappa shape index (κ2) is 9.00. The first-order valence-corrected chi connectivity index (χ1v) is 7.37. The summed E-state index contributed by atoms with van der Waals surface area (Å²) in [6.45, 7) is 4.71. The van der Waals surface area contributed by atoms with Gasteiger partial charge in [-0.1, -0.05) is 57.0 Å². The van der Waals surface area contributed by atoms with Crippen LogP contribution >= 0.6 is 0 Å². The lowest BCUT2D eigenvalue weighted by atomic mass is 10.0. The van der Waals surface area contributed by atoms with E-state index < -0.39 is 18.0 Å². The van der Waals surface area contributed by atoms with E-state index in [1.807, 2.05) is 30.3 Å². The van der Waals surface area contributed by atoms with E-state index in [0.717, 1.165) is 18.4 Å². The van der Waals surface area contributed by atoms with Gasteiger partial charge in [0.15, 0.2) is 0 Å². The lowest BCUT2D eigenvalue weighted by molar-refractivity contribution is -0.139. The molecule has 21 heavy (non-hydrogen) atoms. The van der Waals surface area contributed by atoms with Gasteiger partial charge in [-0.05, 0) is 11.5 Å². The summed E-state index contributed by atoms with van der Waals surface area (Å²) in [4.78, 5) is 23.0. The lowest BCUT2D eigenvalue weighted by Gasteiger charge is -2.17. The van der Waals surface area contributed by atoms with Crippen LogP contribution in [0.5, 0.6) is 0 Å². The second-order valence-corrected chi connectivity index (χ2v) is 5.12. The van der Waals surface area contributed by atoms with Gasteiger partial charge in [-0.15, -0.1) is 0 Å². The van der Waals surface area contributed by atoms with Crippen LogP contribution in [0, 0.1) is 5.92 Å². The maximum atomic E-state index is 11.8. The van der Waals surface area contributed by atoms with Crippen molar-refractivity contribution in [2.24, 2.45) is 5.92 Å². The topological polar surface area (TPSA) is 78.4 Å². The Morgan fingerprint density at radius 3 is 2.29 bits per heavy atom. The third-order valence-corrected chi connectivity index (χ3v) is 3.59. The molecule has 0 heterocycles. The first-order chi connectivity index (χ1) is 10.1. The van der Waals surface area contributed by atoms with E-state index in [4.69, 9.17) is 0 Å². The molecule has 116 valence electrons. The first-order valence-electron chi connectivity index (χ1n) is 7.37. The standard InChI is InChI=1S/C16H24N2O3/c1-3-12(4-2)11-17-16(21)18-14(15(19)20)10-13-8-6-5-7-9-13/h5-9,12,14H,3-4,10-11H2,1-2H3,(H,19,20)(H2,17,18,21). The summed E-state index contributed by atoms with van der Waals surface area (Å²) in [6, 6.07) is 7.91. The summed E-state index contributed by atoms with van der Waals surface area (Å²) in [6.07, 6.45) is 2.25. The third kappa shape index (κ3) is 6.29. The predicted octanol–water partition coefficient (Wildman–Crippen LogP) is 2.42. The number of nitrogens with one attached hydrogen (secondary N) is 2. The van der Waals surface area contributed by atoms with Crippen molar-refractivity contribution >= 4 is 12.0 Å². The highest BCUT2D eigenvalue weighted by atomic mass is 16.4. The van der Waals surface area contributed by atoms with E-state index in [1.54, 1.807) is 0 Å². The highest BCUT2D eigenvalue weighted by molar-refractivity contribution is 5.82. The fourth-order valence-corrected chi connectivity index (χ4v) is 2.07. The third-order valence-electron chi connectivity index (χ3n) is 3.59. The van der Waals surface area contributed by atoms with Gasteiger partial charge in [0, 0.05) is 13.0 Å². The minimum Gasteiger partial charge on any atom is -0.480 e. The van der Waals surface area contributed by atoms with Gasteiger partial charge < -0.3 is 15.7 Å². The van der Waals surface area contributed by atoms with Gasteiger partial charge in [-0.3, -0.25) is 0 Å². The smallest absolute Gasteiger partial charge is 0.326 e. The van der Waals surface area contributed by atoms with E-state index in [1.165, 1.54) is 0 Å². The molecule has 3 N–H and O–H groups in total. The fourth-order valence-electron chi connectivity index (χ4n) is 2.07. The monoisotopic (exact) mass is 292 g/mol. The molecule has 0 saturated heterocycles. The highest BCUT2D eigenvalue weighted by Crippen LogP contribution is 2.06. The van der Waals surface area contributed by atoms with Crippen molar-refractivity contribution in [1.29, 1.82) is 0 Å². The quantitative estimate of drug-likeness (QED) is 0.688. The van der Waals surface area contributed by atoms with Crippen molar-refractivity contribution < 1.29 is 14.7 Å². The van der Waals surface area contributed by atoms with E-state index in [-0.39, 0.29) is 6.42 Å². The van der Waals surface area contributed by atoms with Crippen LogP contribution in [0.15, 0.2) is 30.3 Å². The van der Waals surface area contributed by atoms with E-state index >= 15 is 0 Å². The van der Waals surface area contributed by atoms with Crippen molar-refractivity contribution in [1.82, 2.24) is 10.6 Å². The molecule has 0 aliphatic rings. The van der Waals surface area contributed by atoms with Gasteiger partial charge in [-0.25, -0.2) is 9.59 Å². The van der Waals surface area contributed by atoms with Crippen LogP contribution in [0.1, 0.15) is 32.3 Å². The number of carboxylic acids is 1. The summed E-state index contributed by atoms with van der Waals surface area (Å²) < 4.78 is 0. The Balaban J connectivity index is 2.50. The molecule has 1 unspecified atom stereocenters. The molecule has 0 aromatic heterocycles. The Labute approximate surface area is 125 Å². The summed E-state index contributed by atoms with van der Waals surface area (Å²) in [5.74, 6) is -0.607. The van der Waals surface area contributed by atoms with E-state index in [9.17, 15) is 14.7 Å². The van der Waals surface area contributed by atoms with Crippen LogP contribution in [-0.4, -0.2) is 29.7 Å². The Kier molecular flexibility index (Phi) is 7.29. The number of amides is 2. The van der Waals surface area contributed by atoms with Crippen molar-refractivity contribution in [3.63, 3.8) is 0 Å². The van der Waals surface area contributed by atoms with Crippen molar-refractivity contribution in [2.75, 3.05) is 6.54 Å².